The van der Waals surface area contributed by atoms with Crippen molar-refractivity contribution in [3.63, 3.8) is 0 Å². The number of aryl methyl sites for hydroxylation is 2. The Morgan fingerprint density at radius 1 is 1.50 bits per heavy atom. The molecule has 0 amide bonds. The Bertz CT molecular complexity index is 604. The molecule has 96 valence electrons. The summed E-state index contributed by atoms with van der Waals surface area (Å²) in [6.45, 7) is 1.93. The van der Waals surface area contributed by atoms with E-state index >= 15 is 0 Å². The van der Waals surface area contributed by atoms with Crippen LogP contribution in [0.1, 0.15) is 17.7 Å². The van der Waals surface area contributed by atoms with E-state index in [0.717, 1.165) is 22.2 Å². The van der Waals surface area contributed by atoms with E-state index in [2.05, 4.69) is 4.98 Å². The first-order valence-electron chi connectivity index (χ1n) is 5.59. The minimum Gasteiger partial charge on any atom is -0.495 e. The summed E-state index contributed by atoms with van der Waals surface area (Å²) in [5, 5.41) is 10.3. The highest BCUT2D eigenvalue weighted by atomic mass is 35.5. The van der Waals surface area contributed by atoms with Gasteiger partial charge in [0.05, 0.1) is 12.1 Å². The third kappa shape index (κ3) is 2.29. The molecule has 0 bridgehead atoms. The predicted octanol–water partition coefficient (Wildman–Crippen LogP) is 3.16. The maximum atomic E-state index is 10.7. The number of carboxylic acid groups (broad SMARTS) is 1. The van der Waals surface area contributed by atoms with Crippen LogP contribution in [0.25, 0.3) is 10.9 Å². The van der Waals surface area contributed by atoms with Gasteiger partial charge in [-0.1, -0.05) is 11.6 Å². The number of methoxy groups -OCH3 is 1. The Kier molecular flexibility index (Phi) is 3.48. The molecule has 0 saturated carbocycles. The molecule has 1 heterocycles. The van der Waals surface area contributed by atoms with Crippen LogP contribution in [0.4, 0.5) is 0 Å². The van der Waals surface area contributed by atoms with Gasteiger partial charge in [0, 0.05) is 23.0 Å². The van der Waals surface area contributed by atoms with Gasteiger partial charge in [-0.3, -0.25) is 4.79 Å². The SMILES string of the molecule is COc1cc2c(CCC(=O)O)c(C)[nH]c2cc1Cl. The van der Waals surface area contributed by atoms with Gasteiger partial charge in [-0.05, 0) is 31.0 Å². The molecule has 4 nitrogen and oxygen atoms in total. The number of rotatable bonds is 4. The lowest BCUT2D eigenvalue weighted by molar-refractivity contribution is -0.136. The number of carbonyl (C=O) groups is 1. The average Bonchev–Trinajstić information content (AvgIpc) is 2.60. The fourth-order valence-corrected chi connectivity index (χ4v) is 2.34. The topological polar surface area (TPSA) is 62.3 Å². The molecule has 0 aliphatic carbocycles. The van der Waals surface area contributed by atoms with Gasteiger partial charge in [-0.15, -0.1) is 0 Å². The molecule has 0 spiro atoms. The lowest BCUT2D eigenvalue weighted by Gasteiger charge is -2.04. The van der Waals surface area contributed by atoms with Crippen molar-refractivity contribution in [2.45, 2.75) is 19.8 Å². The lowest BCUT2D eigenvalue weighted by atomic mass is 10.1. The van der Waals surface area contributed by atoms with Crippen LogP contribution in [0.15, 0.2) is 12.1 Å². The number of hydrogen-bond acceptors (Lipinski definition) is 2. The molecule has 0 unspecified atom stereocenters. The largest absolute Gasteiger partial charge is 0.495 e. The second kappa shape index (κ2) is 4.90. The van der Waals surface area contributed by atoms with Gasteiger partial charge in [0.1, 0.15) is 5.75 Å². The summed E-state index contributed by atoms with van der Waals surface area (Å²) < 4.78 is 5.18. The molecule has 0 fully saturated rings. The molecule has 1 aromatic heterocycles. The van der Waals surface area contributed by atoms with Crippen molar-refractivity contribution in [2.24, 2.45) is 0 Å². The molecule has 1 aromatic carbocycles. The Morgan fingerprint density at radius 2 is 2.22 bits per heavy atom. The summed E-state index contributed by atoms with van der Waals surface area (Å²) >= 11 is 6.05. The van der Waals surface area contributed by atoms with Crippen molar-refractivity contribution in [1.29, 1.82) is 0 Å². The zero-order valence-electron chi connectivity index (χ0n) is 10.2. The standard InChI is InChI=1S/C13H14ClNO3/c1-7-8(3-4-13(16)17)9-5-12(18-2)10(14)6-11(9)15-7/h5-6,15H,3-4H2,1-2H3,(H,16,17). The Hall–Kier alpha value is -1.68. The zero-order valence-corrected chi connectivity index (χ0v) is 11.0. The molecule has 0 radical (unpaired) electrons. The first-order chi connectivity index (χ1) is 8.52. The Morgan fingerprint density at radius 3 is 2.83 bits per heavy atom. The highest BCUT2D eigenvalue weighted by Crippen LogP contribution is 2.33. The van der Waals surface area contributed by atoms with Crippen LogP contribution in [0.3, 0.4) is 0 Å². The lowest BCUT2D eigenvalue weighted by Crippen LogP contribution is -1.98. The second-order valence-corrected chi connectivity index (χ2v) is 4.56. The third-order valence-corrected chi connectivity index (χ3v) is 3.28. The number of ether oxygens (including phenoxy) is 1. The highest BCUT2D eigenvalue weighted by molar-refractivity contribution is 6.32. The van der Waals surface area contributed by atoms with E-state index in [-0.39, 0.29) is 6.42 Å². The van der Waals surface area contributed by atoms with Gasteiger partial charge in [-0.25, -0.2) is 0 Å². The van der Waals surface area contributed by atoms with Crippen LogP contribution in [-0.4, -0.2) is 23.2 Å². The first-order valence-corrected chi connectivity index (χ1v) is 5.97. The summed E-state index contributed by atoms with van der Waals surface area (Å²) in [6.07, 6.45) is 0.602. The summed E-state index contributed by atoms with van der Waals surface area (Å²) in [5.41, 5.74) is 2.87. The number of aromatic amines is 1. The van der Waals surface area contributed by atoms with Crippen LogP contribution in [-0.2, 0) is 11.2 Å². The van der Waals surface area contributed by atoms with Crippen LogP contribution < -0.4 is 4.74 Å². The molecule has 0 atom stereocenters. The van der Waals surface area contributed by atoms with Crippen molar-refractivity contribution in [3.05, 3.63) is 28.4 Å². The van der Waals surface area contributed by atoms with E-state index in [4.69, 9.17) is 21.4 Å². The van der Waals surface area contributed by atoms with Gasteiger partial charge in [0.2, 0.25) is 0 Å². The van der Waals surface area contributed by atoms with Crippen molar-refractivity contribution in [2.75, 3.05) is 7.11 Å². The van der Waals surface area contributed by atoms with Crippen molar-refractivity contribution in [3.8, 4) is 5.75 Å². The Labute approximate surface area is 110 Å². The average molecular weight is 268 g/mol. The minimum atomic E-state index is -0.801. The minimum absolute atomic E-state index is 0.110. The van der Waals surface area contributed by atoms with Crippen molar-refractivity contribution < 1.29 is 14.6 Å². The molecule has 0 aliphatic rings. The molecule has 2 rings (SSSR count). The summed E-state index contributed by atoms with van der Waals surface area (Å²) in [4.78, 5) is 13.9. The molecule has 5 heteroatoms. The predicted molar refractivity (Wildman–Crippen MR) is 70.6 cm³/mol. The van der Waals surface area contributed by atoms with E-state index in [0.29, 0.717) is 17.2 Å². The van der Waals surface area contributed by atoms with E-state index in [1.807, 2.05) is 13.0 Å². The van der Waals surface area contributed by atoms with Crippen molar-refractivity contribution in [1.82, 2.24) is 4.98 Å². The number of nitrogens with one attached hydrogen (secondary N) is 1. The van der Waals surface area contributed by atoms with Gasteiger partial charge >= 0.3 is 5.97 Å². The second-order valence-electron chi connectivity index (χ2n) is 4.15. The maximum absolute atomic E-state index is 10.7. The summed E-state index contributed by atoms with van der Waals surface area (Å²) in [5.74, 6) is -0.204. The summed E-state index contributed by atoms with van der Waals surface area (Å²) in [7, 11) is 1.56. The molecule has 2 N–H and O–H groups in total. The van der Waals surface area contributed by atoms with Gasteiger partial charge < -0.3 is 14.8 Å². The number of aliphatic carboxylic acids is 1. The Balaban J connectivity index is 2.51. The smallest absolute Gasteiger partial charge is 0.303 e. The normalized spacial score (nSPS) is 10.8. The summed E-state index contributed by atoms with van der Waals surface area (Å²) in [6, 6.07) is 3.64. The van der Waals surface area contributed by atoms with Crippen molar-refractivity contribution >= 4 is 28.5 Å². The third-order valence-electron chi connectivity index (χ3n) is 2.98. The van der Waals surface area contributed by atoms with Gasteiger partial charge in [0.15, 0.2) is 0 Å². The maximum Gasteiger partial charge on any atom is 0.303 e. The highest BCUT2D eigenvalue weighted by Gasteiger charge is 2.13. The molecule has 2 aromatic rings. The van der Waals surface area contributed by atoms with E-state index < -0.39 is 5.97 Å². The van der Waals surface area contributed by atoms with E-state index in [1.54, 1.807) is 13.2 Å². The molecule has 18 heavy (non-hydrogen) atoms. The number of benzene rings is 1. The van der Waals surface area contributed by atoms with Crippen LogP contribution in [0, 0.1) is 6.92 Å². The number of aromatic nitrogens is 1. The number of carboxylic acids is 1. The zero-order chi connectivity index (χ0) is 13.3. The fourth-order valence-electron chi connectivity index (χ4n) is 2.10. The monoisotopic (exact) mass is 267 g/mol. The van der Waals surface area contributed by atoms with E-state index in [9.17, 15) is 4.79 Å². The molecule has 0 saturated heterocycles. The molecular weight excluding hydrogens is 254 g/mol. The van der Waals surface area contributed by atoms with Crippen LogP contribution >= 0.6 is 11.6 Å². The van der Waals surface area contributed by atoms with Gasteiger partial charge in [0.25, 0.3) is 0 Å². The number of fused-ring (bicyclic) bond motifs is 1. The van der Waals surface area contributed by atoms with Crippen LogP contribution in [0.5, 0.6) is 5.75 Å². The van der Waals surface area contributed by atoms with E-state index in [1.165, 1.54) is 0 Å². The molecule has 0 aliphatic heterocycles. The van der Waals surface area contributed by atoms with Gasteiger partial charge in [-0.2, -0.15) is 0 Å². The fraction of sp³-hybridized carbons (Fsp3) is 0.308. The van der Waals surface area contributed by atoms with Crippen LogP contribution in [0.2, 0.25) is 5.02 Å². The quantitative estimate of drug-likeness (QED) is 0.894. The number of H-pyrrole nitrogens is 1. The molecular formula is C13H14ClNO3. The number of halogens is 1. The number of hydrogen-bond donors (Lipinski definition) is 2. The first kappa shape index (κ1) is 12.8.